The Labute approximate surface area is 218 Å². The highest BCUT2D eigenvalue weighted by Crippen LogP contribution is 2.30. The summed E-state index contributed by atoms with van der Waals surface area (Å²) in [6, 6.07) is 13.5. The molecule has 0 atom stereocenters. The first kappa shape index (κ1) is 27.4. The number of halogens is 1. The molecule has 12 heteroatoms. The number of sulfone groups is 1. The van der Waals surface area contributed by atoms with Gasteiger partial charge in [0.1, 0.15) is 22.4 Å². The van der Waals surface area contributed by atoms with Gasteiger partial charge in [0.15, 0.2) is 9.84 Å². The third-order valence-electron chi connectivity index (χ3n) is 4.90. The third kappa shape index (κ3) is 6.54. The van der Waals surface area contributed by atoms with E-state index in [2.05, 4.69) is 15.2 Å². The van der Waals surface area contributed by atoms with Crippen LogP contribution in [0.15, 0.2) is 73.6 Å². The first-order chi connectivity index (χ1) is 17.0. The molecule has 0 saturated carbocycles. The van der Waals surface area contributed by atoms with Gasteiger partial charge < -0.3 is 14.9 Å². The van der Waals surface area contributed by atoms with Crippen molar-refractivity contribution in [2.75, 3.05) is 18.5 Å². The van der Waals surface area contributed by atoms with Crippen molar-refractivity contribution in [3.05, 3.63) is 70.7 Å². The molecule has 0 spiro atoms. The normalized spacial score (nSPS) is 13.0. The van der Waals surface area contributed by atoms with Gasteiger partial charge in [-0.05, 0) is 42.0 Å². The number of nitrogens with zero attached hydrogens (tertiary/aromatic N) is 3. The second-order valence-electron chi connectivity index (χ2n) is 7.95. The van der Waals surface area contributed by atoms with Crippen LogP contribution < -0.4 is 5.73 Å². The molecule has 2 N–H and O–H groups in total. The van der Waals surface area contributed by atoms with Crippen LogP contribution in [0.25, 0.3) is 11.5 Å². The Kier molecular flexibility index (Phi) is 8.93. The summed E-state index contributed by atoms with van der Waals surface area (Å²) in [5, 5.41) is 7.86. The van der Waals surface area contributed by atoms with Crippen molar-refractivity contribution in [1.82, 2.24) is 10.2 Å². The van der Waals surface area contributed by atoms with Gasteiger partial charge >= 0.3 is 5.97 Å². The number of benzene rings is 2. The molecule has 1 heterocycles. The summed E-state index contributed by atoms with van der Waals surface area (Å²) in [5.74, 6) is -0.671. The minimum absolute atomic E-state index is 0.0265. The van der Waals surface area contributed by atoms with Crippen LogP contribution in [-0.2, 0) is 19.4 Å². The van der Waals surface area contributed by atoms with E-state index >= 15 is 0 Å². The standard InChI is InChI=1S/C24H25ClN4O5S2/c1-14(2)17-10-5-6-11-18(17)27-21(19(25)20(26)24(30)33-13-35-3)23-29-28-22(34-23)15-8-7-9-16(12-15)36(4,31)32/h5-12,14H,13,26H2,1-4H3. The molecule has 9 nitrogen and oxygen atoms in total. The molecule has 0 radical (unpaired) electrons. The molecule has 190 valence electrons. The van der Waals surface area contributed by atoms with E-state index in [0.29, 0.717) is 11.3 Å². The van der Waals surface area contributed by atoms with Gasteiger partial charge in [-0.15, -0.1) is 22.0 Å². The Morgan fingerprint density at radius 3 is 2.58 bits per heavy atom. The van der Waals surface area contributed by atoms with Crippen LogP contribution >= 0.6 is 23.4 Å². The topological polar surface area (TPSA) is 138 Å². The molecule has 0 fully saturated rings. The van der Waals surface area contributed by atoms with Gasteiger partial charge in [-0.2, -0.15) is 0 Å². The van der Waals surface area contributed by atoms with Crippen molar-refractivity contribution in [3.8, 4) is 11.5 Å². The van der Waals surface area contributed by atoms with Crippen molar-refractivity contribution in [3.63, 3.8) is 0 Å². The van der Waals surface area contributed by atoms with E-state index in [-0.39, 0.29) is 45.0 Å². The highest BCUT2D eigenvalue weighted by Gasteiger charge is 2.24. The Balaban J connectivity index is 2.16. The zero-order valence-corrected chi connectivity index (χ0v) is 22.4. The van der Waals surface area contributed by atoms with Crippen LogP contribution in [0.4, 0.5) is 5.69 Å². The lowest BCUT2D eigenvalue weighted by atomic mass is 10.0. The molecule has 36 heavy (non-hydrogen) atoms. The number of hydrogen-bond acceptors (Lipinski definition) is 10. The molecular formula is C24H25ClN4O5S2. The molecule has 3 aromatic rings. The van der Waals surface area contributed by atoms with Crippen LogP contribution in [0, 0.1) is 0 Å². The van der Waals surface area contributed by atoms with E-state index in [4.69, 9.17) is 26.5 Å². The van der Waals surface area contributed by atoms with Gasteiger partial charge in [0.05, 0.1) is 10.6 Å². The highest BCUT2D eigenvalue weighted by molar-refractivity contribution is 7.98. The number of hydrogen-bond donors (Lipinski definition) is 1. The zero-order chi connectivity index (χ0) is 26.5. The number of aliphatic imine (C=N–C) groups is 1. The Morgan fingerprint density at radius 2 is 1.92 bits per heavy atom. The van der Waals surface area contributed by atoms with Crippen molar-refractivity contribution >= 4 is 50.6 Å². The van der Waals surface area contributed by atoms with Crippen molar-refractivity contribution in [2.24, 2.45) is 10.7 Å². The summed E-state index contributed by atoms with van der Waals surface area (Å²) in [6.45, 7) is 4.03. The average Bonchev–Trinajstić information content (AvgIpc) is 3.34. The number of nitrogens with two attached hydrogens (primary N) is 1. The minimum atomic E-state index is -3.45. The quantitative estimate of drug-likeness (QED) is 0.175. The van der Waals surface area contributed by atoms with E-state index < -0.39 is 15.8 Å². The number of rotatable bonds is 9. The smallest absolute Gasteiger partial charge is 0.356 e. The predicted octanol–water partition coefficient (Wildman–Crippen LogP) is 4.66. The lowest BCUT2D eigenvalue weighted by Crippen LogP contribution is -2.19. The van der Waals surface area contributed by atoms with Gasteiger partial charge in [-0.1, -0.05) is 49.7 Å². The largest absolute Gasteiger partial charge is 0.450 e. The highest BCUT2D eigenvalue weighted by atomic mass is 35.5. The predicted molar refractivity (Wildman–Crippen MR) is 141 cm³/mol. The molecule has 0 amide bonds. The molecule has 0 aliphatic rings. The number of para-hydroxylation sites is 1. The minimum Gasteiger partial charge on any atom is -0.450 e. The average molecular weight is 549 g/mol. The molecule has 0 aliphatic carbocycles. The summed E-state index contributed by atoms with van der Waals surface area (Å²) in [5.41, 5.74) is 7.48. The van der Waals surface area contributed by atoms with Crippen LogP contribution in [0.5, 0.6) is 0 Å². The van der Waals surface area contributed by atoms with Gasteiger partial charge in [-0.25, -0.2) is 18.2 Å². The van der Waals surface area contributed by atoms with Gasteiger partial charge in [-0.3, -0.25) is 0 Å². The number of allylic oxidation sites excluding steroid dienone is 1. The second kappa shape index (κ2) is 11.7. The Hall–Kier alpha value is -3.15. The maximum Gasteiger partial charge on any atom is 0.356 e. The van der Waals surface area contributed by atoms with E-state index in [0.717, 1.165) is 11.8 Å². The molecule has 0 unspecified atom stereocenters. The fraction of sp³-hybridized carbons (Fsp3) is 0.250. The first-order valence-corrected chi connectivity index (χ1v) is 14.3. The van der Waals surface area contributed by atoms with Crippen molar-refractivity contribution in [2.45, 2.75) is 24.7 Å². The maximum atomic E-state index is 12.4. The first-order valence-electron chi connectivity index (χ1n) is 10.7. The van der Waals surface area contributed by atoms with Crippen LogP contribution in [-0.4, -0.2) is 48.7 Å². The summed E-state index contributed by atoms with van der Waals surface area (Å²) in [7, 11) is -3.45. The van der Waals surface area contributed by atoms with Gasteiger partial charge in [0.25, 0.3) is 5.89 Å². The fourth-order valence-corrected chi connectivity index (χ4v) is 4.18. The summed E-state index contributed by atoms with van der Waals surface area (Å²) in [4.78, 5) is 17.1. The number of esters is 1. The van der Waals surface area contributed by atoms with Crippen LogP contribution in [0.2, 0.25) is 0 Å². The molecule has 0 aliphatic heterocycles. The lowest BCUT2D eigenvalue weighted by molar-refractivity contribution is -0.136. The molecule has 1 aromatic heterocycles. The Bertz CT molecular complexity index is 1430. The molecule has 2 aromatic carbocycles. The fourth-order valence-electron chi connectivity index (χ4n) is 3.09. The van der Waals surface area contributed by atoms with E-state index in [1.807, 2.05) is 32.0 Å². The molecule has 3 rings (SSSR count). The van der Waals surface area contributed by atoms with Gasteiger partial charge in [0.2, 0.25) is 5.89 Å². The van der Waals surface area contributed by atoms with Crippen LogP contribution in [0.3, 0.4) is 0 Å². The molecule has 0 saturated heterocycles. The number of carbonyl (C=O) groups excluding carboxylic acids is 1. The number of aromatic nitrogens is 2. The summed E-state index contributed by atoms with van der Waals surface area (Å²) < 4.78 is 34.8. The van der Waals surface area contributed by atoms with Gasteiger partial charge in [0, 0.05) is 11.8 Å². The van der Waals surface area contributed by atoms with Crippen LogP contribution in [0.1, 0.15) is 31.2 Å². The summed E-state index contributed by atoms with van der Waals surface area (Å²) >= 11 is 7.83. The van der Waals surface area contributed by atoms with E-state index in [1.54, 1.807) is 24.5 Å². The number of thioether (sulfide) groups is 1. The monoisotopic (exact) mass is 548 g/mol. The second-order valence-corrected chi connectivity index (χ2v) is 11.2. The van der Waals surface area contributed by atoms with Crippen molar-refractivity contribution in [1.29, 1.82) is 0 Å². The van der Waals surface area contributed by atoms with Crippen molar-refractivity contribution < 1.29 is 22.4 Å². The van der Waals surface area contributed by atoms with E-state index in [1.165, 1.54) is 23.9 Å². The third-order valence-corrected chi connectivity index (χ3v) is 6.75. The SMILES string of the molecule is CSCOC(=O)C(N)=C(Cl)C(=Nc1ccccc1C(C)C)c1nnc(-c2cccc(S(C)(=O)=O)c2)o1. The zero-order valence-electron chi connectivity index (χ0n) is 20.1. The lowest BCUT2D eigenvalue weighted by Gasteiger charge is -2.11. The number of ether oxygens (including phenoxy) is 1. The number of carbonyl (C=O) groups is 1. The molecular weight excluding hydrogens is 524 g/mol. The Morgan fingerprint density at radius 1 is 1.19 bits per heavy atom. The maximum absolute atomic E-state index is 12.4. The molecule has 0 bridgehead atoms. The summed E-state index contributed by atoms with van der Waals surface area (Å²) in [6.07, 6.45) is 2.87. The van der Waals surface area contributed by atoms with E-state index in [9.17, 15) is 13.2 Å².